The Bertz CT molecular complexity index is 1110. The Labute approximate surface area is 176 Å². The first-order valence-electron chi connectivity index (χ1n) is 8.92. The van der Waals surface area contributed by atoms with Gasteiger partial charge in [-0.25, -0.2) is 4.98 Å². The van der Waals surface area contributed by atoms with E-state index >= 15 is 0 Å². The molecule has 0 saturated carbocycles. The van der Waals surface area contributed by atoms with Crippen molar-refractivity contribution >= 4 is 50.7 Å². The summed E-state index contributed by atoms with van der Waals surface area (Å²) in [6.45, 7) is 4.34. The van der Waals surface area contributed by atoms with Gasteiger partial charge in [0.2, 0.25) is 0 Å². The number of rotatable bonds is 6. The molecule has 2 heterocycles. The summed E-state index contributed by atoms with van der Waals surface area (Å²) in [7, 11) is 1.36. The maximum absolute atomic E-state index is 13.4. The molecule has 0 fully saturated rings. The minimum atomic E-state index is -0.289. The average Bonchev–Trinajstić information content (AvgIpc) is 3.01. The van der Waals surface area contributed by atoms with Gasteiger partial charge in [-0.2, -0.15) is 0 Å². The molecule has 5 nitrogen and oxygen atoms in total. The van der Waals surface area contributed by atoms with Crippen LogP contribution >= 0.6 is 34.5 Å². The van der Waals surface area contributed by atoms with Crippen molar-refractivity contribution in [3.63, 3.8) is 0 Å². The van der Waals surface area contributed by atoms with Gasteiger partial charge in [0.1, 0.15) is 10.7 Å². The lowest BCUT2D eigenvalue weighted by Crippen LogP contribution is -2.25. The number of aromatic nitrogens is 2. The lowest BCUT2D eigenvalue weighted by Gasteiger charge is -2.12. The number of benzene rings is 1. The van der Waals surface area contributed by atoms with Gasteiger partial charge in [-0.05, 0) is 31.0 Å². The first kappa shape index (κ1) is 20.8. The number of thiophene rings is 1. The predicted octanol–water partition coefficient (Wildman–Crippen LogP) is 5.26. The fourth-order valence-corrected chi connectivity index (χ4v) is 4.57. The second kappa shape index (κ2) is 8.64. The van der Waals surface area contributed by atoms with Crippen LogP contribution in [0.4, 0.5) is 0 Å². The van der Waals surface area contributed by atoms with Crippen molar-refractivity contribution in [3.05, 3.63) is 49.3 Å². The minimum Gasteiger partial charge on any atom is -0.469 e. The monoisotopic (exact) mass is 438 g/mol. The number of fused-ring (bicyclic) bond motifs is 1. The summed E-state index contributed by atoms with van der Waals surface area (Å²) in [5.41, 5.74) is 1.57. The Kier molecular flexibility index (Phi) is 6.43. The molecule has 0 aliphatic carbocycles. The lowest BCUT2D eigenvalue weighted by atomic mass is 10.0. The summed E-state index contributed by atoms with van der Waals surface area (Å²) in [4.78, 5) is 31.2. The summed E-state index contributed by atoms with van der Waals surface area (Å²) >= 11 is 13.7. The van der Waals surface area contributed by atoms with E-state index in [4.69, 9.17) is 28.2 Å². The van der Waals surface area contributed by atoms with Gasteiger partial charge in [0.05, 0.1) is 22.5 Å². The molecule has 28 heavy (non-hydrogen) atoms. The Morgan fingerprint density at radius 1 is 1.29 bits per heavy atom. The third-order valence-corrected chi connectivity index (χ3v) is 6.32. The number of carbonyl (C=O) groups is 1. The molecule has 0 saturated heterocycles. The third kappa shape index (κ3) is 3.95. The summed E-state index contributed by atoms with van der Waals surface area (Å²) in [5, 5.41) is 1.49. The van der Waals surface area contributed by atoms with Crippen LogP contribution < -0.4 is 5.56 Å². The second-order valence-electron chi connectivity index (χ2n) is 6.36. The number of aryl methyl sites for hydroxylation is 2. The molecule has 0 spiro atoms. The van der Waals surface area contributed by atoms with Gasteiger partial charge in [-0.3, -0.25) is 14.2 Å². The average molecular weight is 439 g/mol. The Balaban J connectivity index is 2.15. The van der Waals surface area contributed by atoms with Crippen LogP contribution in [0.15, 0.2) is 23.0 Å². The van der Waals surface area contributed by atoms with E-state index in [1.54, 1.807) is 16.7 Å². The number of esters is 1. The highest BCUT2D eigenvalue weighted by molar-refractivity contribution is 7.19. The molecule has 3 aromatic rings. The fraction of sp³-hybridized carbons (Fsp3) is 0.350. The Hall–Kier alpha value is -1.89. The predicted molar refractivity (Wildman–Crippen MR) is 115 cm³/mol. The molecule has 0 aliphatic rings. The summed E-state index contributed by atoms with van der Waals surface area (Å²) in [5.74, 6) is 0.423. The van der Waals surface area contributed by atoms with E-state index in [0.717, 1.165) is 16.0 Å². The molecule has 3 rings (SSSR count). The van der Waals surface area contributed by atoms with Crippen LogP contribution in [0, 0.1) is 6.92 Å². The van der Waals surface area contributed by atoms with E-state index in [-0.39, 0.29) is 17.9 Å². The van der Waals surface area contributed by atoms with Crippen LogP contribution in [0.2, 0.25) is 10.0 Å². The maximum atomic E-state index is 13.4. The van der Waals surface area contributed by atoms with Gasteiger partial charge in [-0.1, -0.05) is 36.2 Å². The van der Waals surface area contributed by atoms with Crippen LogP contribution in [0.5, 0.6) is 0 Å². The van der Waals surface area contributed by atoms with Gasteiger partial charge < -0.3 is 4.74 Å². The van der Waals surface area contributed by atoms with Gasteiger partial charge >= 0.3 is 5.97 Å². The van der Waals surface area contributed by atoms with Gasteiger partial charge in [0.15, 0.2) is 0 Å². The van der Waals surface area contributed by atoms with Crippen molar-refractivity contribution in [2.24, 2.45) is 0 Å². The normalized spacial score (nSPS) is 11.2. The lowest BCUT2D eigenvalue weighted by molar-refractivity contribution is -0.140. The summed E-state index contributed by atoms with van der Waals surface area (Å²) in [6, 6.07) is 5.36. The zero-order valence-electron chi connectivity index (χ0n) is 15.8. The number of hydrogen-bond acceptors (Lipinski definition) is 5. The molecule has 0 unspecified atom stereocenters. The van der Waals surface area contributed by atoms with Crippen LogP contribution in [0.1, 0.15) is 30.5 Å². The quantitative estimate of drug-likeness (QED) is 0.492. The molecule has 0 bridgehead atoms. The van der Waals surface area contributed by atoms with Crippen LogP contribution in [-0.4, -0.2) is 22.6 Å². The van der Waals surface area contributed by atoms with Crippen LogP contribution in [0.25, 0.3) is 21.3 Å². The largest absolute Gasteiger partial charge is 0.469 e. The van der Waals surface area contributed by atoms with Gasteiger partial charge in [0.25, 0.3) is 5.56 Å². The zero-order chi connectivity index (χ0) is 20.4. The highest BCUT2D eigenvalue weighted by Crippen LogP contribution is 2.38. The molecule has 8 heteroatoms. The van der Waals surface area contributed by atoms with Crippen molar-refractivity contribution < 1.29 is 9.53 Å². The fourth-order valence-electron chi connectivity index (χ4n) is 3.22. The second-order valence-corrected chi connectivity index (χ2v) is 8.38. The standard InChI is InChI=1S/C20H20Cl2N2O3S/c1-4-15-23-19-18(20(26)24(15)9-5-6-16(25)27-3)17(11(2)28-19)12-7-8-13(21)14(22)10-12/h7-8,10H,4-6,9H2,1-3H3. The molecule has 0 aliphatic heterocycles. The zero-order valence-corrected chi connectivity index (χ0v) is 18.2. The van der Waals surface area contributed by atoms with E-state index in [9.17, 15) is 9.59 Å². The first-order chi connectivity index (χ1) is 13.4. The number of ether oxygens (including phenoxy) is 1. The van der Waals surface area contributed by atoms with Crippen LogP contribution in [0.3, 0.4) is 0 Å². The molecule has 0 N–H and O–H groups in total. The molecule has 0 radical (unpaired) electrons. The highest BCUT2D eigenvalue weighted by atomic mass is 35.5. The molecule has 0 atom stereocenters. The number of carbonyl (C=O) groups excluding carboxylic acids is 1. The number of nitrogens with zero attached hydrogens (tertiary/aromatic N) is 2. The smallest absolute Gasteiger partial charge is 0.305 e. The molecule has 0 amide bonds. The van der Waals surface area contributed by atoms with Gasteiger partial charge in [-0.15, -0.1) is 11.3 Å². The van der Waals surface area contributed by atoms with Crippen LogP contribution in [-0.2, 0) is 22.5 Å². The summed E-state index contributed by atoms with van der Waals surface area (Å²) in [6.07, 6.45) is 1.40. The molecule has 2 aromatic heterocycles. The van der Waals surface area contributed by atoms with E-state index < -0.39 is 0 Å². The first-order valence-corrected chi connectivity index (χ1v) is 10.5. The molecular formula is C20H20Cl2N2O3S. The van der Waals surface area contributed by atoms with E-state index in [1.165, 1.54) is 18.4 Å². The van der Waals surface area contributed by atoms with Crippen molar-refractivity contribution in [3.8, 4) is 11.1 Å². The van der Waals surface area contributed by atoms with Crippen molar-refractivity contribution in [1.29, 1.82) is 0 Å². The minimum absolute atomic E-state index is 0.0999. The van der Waals surface area contributed by atoms with E-state index in [0.29, 0.717) is 45.5 Å². The van der Waals surface area contributed by atoms with E-state index in [1.807, 2.05) is 19.9 Å². The maximum Gasteiger partial charge on any atom is 0.305 e. The molecule has 1 aromatic carbocycles. The number of hydrogen-bond donors (Lipinski definition) is 0. The molecular weight excluding hydrogens is 419 g/mol. The summed E-state index contributed by atoms with van der Waals surface area (Å²) < 4.78 is 6.35. The Morgan fingerprint density at radius 2 is 2.04 bits per heavy atom. The van der Waals surface area contributed by atoms with E-state index in [2.05, 4.69) is 4.74 Å². The molecule has 148 valence electrons. The number of methoxy groups -OCH3 is 1. The Morgan fingerprint density at radius 3 is 2.68 bits per heavy atom. The highest BCUT2D eigenvalue weighted by Gasteiger charge is 2.20. The number of halogens is 2. The van der Waals surface area contributed by atoms with Gasteiger partial charge in [0, 0.05) is 29.8 Å². The SMILES string of the molecule is CCc1nc2sc(C)c(-c3ccc(Cl)c(Cl)c3)c2c(=O)n1CCCC(=O)OC. The van der Waals surface area contributed by atoms with Crippen molar-refractivity contribution in [1.82, 2.24) is 9.55 Å². The topological polar surface area (TPSA) is 61.2 Å². The van der Waals surface area contributed by atoms with Crippen molar-refractivity contribution in [2.75, 3.05) is 7.11 Å². The third-order valence-electron chi connectivity index (χ3n) is 4.58. The van der Waals surface area contributed by atoms with Crippen molar-refractivity contribution in [2.45, 2.75) is 39.7 Å².